The minimum atomic E-state index is 0.245. The van der Waals surface area contributed by atoms with Gasteiger partial charge in [0.25, 0.3) is 0 Å². The Balaban J connectivity index is 2.17. The first-order valence-corrected chi connectivity index (χ1v) is 7.68. The average molecular weight is 289 g/mol. The van der Waals surface area contributed by atoms with E-state index in [0.717, 1.165) is 35.1 Å². The summed E-state index contributed by atoms with van der Waals surface area (Å²) in [6.45, 7) is 4.74. The van der Waals surface area contributed by atoms with E-state index in [1.54, 1.807) is 11.8 Å². The van der Waals surface area contributed by atoms with Crippen molar-refractivity contribution < 1.29 is 5.11 Å². The molecule has 1 N–H and O–H groups in total. The van der Waals surface area contributed by atoms with Crippen molar-refractivity contribution in [1.82, 2.24) is 14.8 Å². The lowest BCUT2D eigenvalue weighted by Gasteiger charge is -2.07. The molecule has 1 heterocycles. The van der Waals surface area contributed by atoms with Crippen LogP contribution in [-0.2, 0) is 6.54 Å². The Morgan fingerprint density at radius 3 is 2.70 bits per heavy atom. The van der Waals surface area contributed by atoms with Gasteiger partial charge in [-0.1, -0.05) is 48.2 Å². The quantitative estimate of drug-likeness (QED) is 0.461. The highest BCUT2D eigenvalue weighted by Crippen LogP contribution is 2.24. The lowest BCUT2D eigenvalue weighted by Crippen LogP contribution is -2.01. The van der Waals surface area contributed by atoms with Crippen LogP contribution >= 0.6 is 11.8 Å². The first kappa shape index (κ1) is 14.8. The van der Waals surface area contributed by atoms with Gasteiger partial charge in [0.2, 0.25) is 0 Å². The summed E-state index contributed by atoms with van der Waals surface area (Å²) in [6.07, 6.45) is 3.66. The smallest absolute Gasteiger partial charge is 0.191 e. The molecule has 0 spiro atoms. The summed E-state index contributed by atoms with van der Waals surface area (Å²) < 4.78 is 2.08. The molecule has 106 valence electrons. The largest absolute Gasteiger partial charge is 0.396 e. The lowest BCUT2D eigenvalue weighted by molar-refractivity contribution is 0.287. The maximum Gasteiger partial charge on any atom is 0.191 e. The Labute approximate surface area is 123 Å². The number of aliphatic hydroxyl groups excluding tert-OH is 1. The summed E-state index contributed by atoms with van der Waals surface area (Å²) in [5.41, 5.74) is 1.06. The molecule has 0 saturated heterocycles. The Hall–Kier alpha value is -1.59. The molecule has 2 aromatic rings. The fourth-order valence-electron chi connectivity index (χ4n) is 1.87. The van der Waals surface area contributed by atoms with E-state index in [9.17, 15) is 0 Å². The van der Waals surface area contributed by atoms with Crippen LogP contribution in [0.25, 0.3) is 11.4 Å². The van der Waals surface area contributed by atoms with Crippen molar-refractivity contribution >= 4 is 11.8 Å². The van der Waals surface area contributed by atoms with Gasteiger partial charge >= 0.3 is 0 Å². The molecule has 0 radical (unpaired) electrons. The third kappa shape index (κ3) is 3.71. The molecule has 20 heavy (non-hydrogen) atoms. The molecular weight excluding hydrogens is 270 g/mol. The van der Waals surface area contributed by atoms with E-state index in [0.29, 0.717) is 6.54 Å². The maximum absolute atomic E-state index is 8.80. The number of rotatable bonds is 8. The van der Waals surface area contributed by atoms with Crippen molar-refractivity contribution in [3.63, 3.8) is 0 Å². The maximum atomic E-state index is 8.80. The second-order valence-electron chi connectivity index (χ2n) is 4.35. The molecule has 0 aliphatic heterocycles. The van der Waals surface area contributed by atoms with Gasteiger partial charge in [0.1, 0.15) is 0 Å². The van der Waals surface area contributed by atoms with Gasteiger partial charge in [-0.3, -0.25) is 4.57 Å². The number of thioether (sulfide) groups is 1. The van der Waals surface area contributed by atoms with Gasteiger partial charge in [-0.05, 0) is 12.8 Å². The minimum absolute atomic E-state index is 0.245. The van der Waals surface area contributed by atoms with Crippen LogP contribution in [0.3, 0.4) is 0 Å². The monoisotopic (exact) mass is 289 g/mol. The summed E-state index contributed by atoms with van der Waals surface area (Å²) in [4.78, 5) is 0. The third-order valence-electron chi connectivity index (χ3n) is 2.84. The molecule has 1 aromatic heterocycles. The van der Waals surface area contributed by atoms with E-state index >= 15 is 0 Å². The number of hydrogen-bond donors (Lipinski definition) is 1. The van der Waals surface area contributed by atoms with Crippen molar-refractivity contribution in [2.24, 2.45) is 0 Å². The van der Waals surface area contributed by atoms with Crippen LogP contribution in [-0.4, -0.2) is 32.2 Å². The Kier molecular flexibility index (Phi) is 5.83. The van der Waals surface area contributed by atoms with Crippen molar-refractivity contribution in [2.75, 3.05) is 12.4 Å². The van der Waals surface area contributed by atoms with Gasteiger partial charge < -0.3 is 5.11 Å². The normalized spacial score (nSPS) is 10.7. The van der Waals surface area contributed by atoms with Gasteiger partial charge in [-0.2, -0.15) is 0 Å². The van der Waals surface area contributed by atoms with Gasteiger partial charge in [-0.25, -0.2) is 0 Å². The van der Waals surface area contributed by atoms with E-state index in [4.69, 9.17) is 5.11 Å². The van der Waals surface area contributed by atoms with Gasteiger partial charge in [0, 0.05) is 24.5 Å². The summed E-state index contributed by atoms with van der Waals surface area (Å²) in [7, 11) is 0. The first-order chi connectivity index (χ1) is 9.86. The number of aliphatic hydroxyl groups is 1. The summed E-state index contributed by atoms with van der Waals surface area (Å²) >= 11 is 1.67. The highest BCUT2D eigenvalue weighted by Gasteiger charge is 2.12. The van der Waals surface area contributed by atoms with E-state index in [1.807, 2.05) is 36.4 Å². The zero-order chi connectivity index (χ0) is 14.2. The zero-order valence-corrected chi connectivity index (χ0v) is 12.2. The van der Waals surface area contributed by atoms with Crippen molar-refractivity contribution in [3.8, 4) is 11.4 Å². The van der Waals surface area contributed by atoms with E-state index < -0.39 is 0 Å². The molecule has 1 aromatic carbocycles. The number of nitrogens with zero attached hydrogens (tertiary/aromatic N) is 3. The second-order valence-corrected chi connectivity index (χ2v) is 5.41. The first-order valence-electron chi connectivity index (χ1n) is 6.70. The van der Waals surface area contributed by atoms with Crippen LogP contribution in [0.15, 0.2) is 48.1 Å². The van der Waals surface area contributed by atoms with Crippen LogP contribution in [0.4, 0.5) is 0 Å². The predicted molar refractivity (Wildman–Crippen MR) is 82.7 cm³/mol. The van der Waals surface area contributed by atoms with Gasteiger partial charge in [0.05, 0.1) is 0 Å². The molecule has 0 saturated carbocycles. The van der Waals surface area contributed by atoms with Crippen molar-refractivity contribution in [3.05, 3.63) is 43.0 Å². The molecule has 5 heteroatoms. The Morgan fingerprint density at radius 2 is 2.00 bits per heavy atom. The molecule has 0 fully saturated rings. The lowest BCUT2D eigenvalue weighted by atomic mass is 10.2. The van der Waals surface area contributed by atoms with Crippen LogP contribution in [0.2, 0.25) is 0 Å². The summed E-state index contributed by atoms with van der Waals surface area (Å²) in [5, 5.41) is 18.3. The fourth-order valence-corrected chi connectivity index (χ4v) is 2.81. The third-order valence-corrected chi connectivity index (χ3v) is 3.90. The van der Waals surface area contributed by atoms with Crippen LogP contribution < -0.4 is 0 Å². The fraction of sp³-hybridized carbons (Fsp3) is 0.333. The van der Waals surface area contributed by atoms with Gasteiger partial charge in [-0.15, -0.1) is 16.8 Å². The number of allylic oxidation sites excluding steroid dienone is 1. The number of aromatic nitrogens is 3. The number of unbranched alkanes of at least 4 members (excludes halogenated alkanes) is 1. The number of hydrogen-bond acceptors (Lipinski definition) is 4. The zero-order valence-electron chi connectivity index (χ0n) is 11.4. The van der Waals surface area contributed by atoms with E-state index in [2.05, 4.69) is 21.3 Å². The molecular formula is C15H19N3OS. The topological polar surface area (TPSA) is 50.9 Å². The molecule has 0 atom stereocenters. The molecule has 0 amide bonds. The summed E-state index contributed by atoms with van der Waals surface area (Å²) in [5.74, 6) is 1.81. The van der Waals surface area contributed by atoms with Crippen molar-refractivity contribution in [2.45, 2.75) is 24.5 Å². The second kappa shape index (κ2) is 7.87. The van der Waals surface area contributed by atoms with Crippen molar-refractivity contribution in [1.29, 1.82) is 0 Å². The Bertz CT molecular complexity index is 539. The predicted octanol–water partition coefficient (Wildman–Crippen LogP) is 3.00. The van der Waals surface area contributed by atoms with Gasteiger partial charge in [0.15, 0.2) is 11.0 Å². The van der Waals surface area contributed by atoms with Crippen LogP contribution in [0, 0.1) is 0 Å². The van der Waals surface area contributed by atoms with Crippen LogP contribution in [0.5, 0.6) is 0 Å². The Morgan fingerprint density at radius 1 is 1.20 bits per heavy atom. The molecule has 0 aliphatic carbocycles. The average Bonchev–Trinajstić information content (AvgIpc) is 2.88. The summed E-state index contributed by atoms with van der Waals surface area (Å²) in [6, 6.07) is 10.0. The molecule has 0 unspecified atom stereocenters. The standard InChI is InChI=1S/C15H19N3OS/c1-2-10-18-14(13-8-4-3-5-9-13)16-17-15(18)20-12-7-6-11-19/h2-5,8-9,19H,1,6-7,10-12H2. The highest BCUT2D eigenvalue weighted by atomic mass is 32.2. The van der Waals surface area contributed by atoms with Crippen LogP contribution in [0.1, 0.15) is 12.8 Å². The molecule has 0 bridgehead atoms. The SMILES string of the molecule is C=CCn1c(SCCCCO)nnc1-c1ccccc1. The molecule has 2 rings (SSSR count). The van der Waals surface area contributed by atoms with E-state index in [-0.39, 0.29) is 6.61 Å². The van der Waals surface area contributed by atoms with E-state index in [1.165, 1.54) is 0 Å². The molecule has 4 nitrogen and oxygen atoms in total. The highest BCUT2D eigenvalue weighted by molar-refractivity contribution is 7.99. The molecule has 0 aliphatic rings. The number of benzene rings is 1. The minimum Gasteiger partial charge on any atom is -0.396 e.